The number of halogens is 1. The van der Waals surface area contributed by atoms with Crippen LogP contribution in [-0.4, -0.2) is 39.7 Å². The van der Waals surface area contributed by atoms with Gasteiger partial charge < -0.3 is 9.30 Å². The minimum atomic E-state index is -0.412. The molecule has 1 saturated heterocycles. The topological polar surface area (TPSA) is 63.9 Å². The number of para-hydroxylation sites is 1. The monoisotopic (exact) mass is 541 g/mol. The van der Waals surface area contributed by atoms with Gasteiger partial charge in [-0.05, 0) is 68.9 Å². The third-order valence-corrected chi connectivity index (χ3v) is 7.63. The van der Waals surface area contributed by atoms with Crippen LogP contribution >= 0.6 is 11.8 Å². The first-order chi connectivity index (χ1) is 18.9. The van der Waals surface area contributed by atoms with Crippen LogP contribution in [-0.2, 0) is 16.1 Å². The Morgan fingerprint density at radius 1 is 1.05 bits per heavy atom. The summed E-state index contributed by atoms with van der Waals surface area (Å²) in [6.45, 7) is 6.77. The number of likely N-dealkylation sites (N-methyl/N-ethyl adjacent to an activating group) is 1. The van der Waals surface area contributed by atoms with E-state index in [1.807, 2.05) is 50.3 Å². The number of aliphatic imine (C=N–C) groups is 1. The Labute approximate surface area is 230 Å². The van der Waals surface area contributed by atoms with E-state index in [0.29, 0.717) is 40.0 Å². The van der Waals surface area contributed by atoms with E-state index in [4.69, 9.17) is 9.73 Å². The molecule has 6 nitrogen and oxygen atoms in total. The summed E-state index contributed by atoms with van der Waals surface area (Å²) in [5, 5.41) is 1.53. The average molecular weight is 542 g/mol. The maximum atomic E-state index is 14.5. The van der Waals surface area contributed by atoms with Gasteiger partial charge in [0.15, 0.2) is 5.17 Å². The van der Waals surface area contributed by atoms with Gasteiger partial charge in [-0.1, -0.05) is 42.5 Å². The molecule has 0 bridgehead atoms. The number of carbonyl (C=O) groups excluding carboxylic acids is 2. The van der Waals surface area contributed by atoms with Crippen LogP contribution in [0.2, 0.25) is 0 Å². The van der Waals surface area contributed by atoms with Gasteiger partial charge in [0.1, 0.15) is 5.82 Å². The van der Waals surface area contributed by atoms with E-state index in [-0.39, 0.29) is 18.3 Å². The van der Waals surface area contributed by atoms with Crippen molar-refractivity contribution in [3.05, 3.63) is 106 Å². The first-order valence-corrected chi connectivity index (χ1v) is 13.6. The number of amides is 1. The van der Waals surface area contributed by atoms with Crippen LogP contribution in [0.25, 0.3) is 17.0 Å². The molecule has 2 heterocycles. The van der Waals surface area contributed by atoms with Crippen LogP contribution in [0.15, 0.2) is 82.7 Å². The van der Waals surface area contributed by atoms with Crippen molar-refractivity contribution in [1.82, 2.24) is 9.47 Å². The number of ether oxygens (including phenoxy) is 1. The summed E-state index contributed by atoms with van der Waals surface area (Å²) in [6, 6.07) is 21.6. The van der Waals surface area contributed by atoms with Gasteiger partial charge in [0, 0.05) is 34.3 Å². The summed E-state index contributed by atoms with van der Waals surface area (Å²) < 4.78 is 21.7. The molecule has 0 spiro atoms. The van der Waals surface area contributed by atoms with Crippen LogP contribution in [0.1, 0.15) is 41.0 Å². The van der Waals surface area contributed by atoms with Gasteiger partial charge in [-0.2, -0.15) is 0 Å². The molecule has 0 N–H and O–H groups in total. The number of esters is 1. The maximum Gasteiger partial charge on any atom is 0.338 e. The van der Waals surface area contributed by atoms with Gasteiger partial charge in [-0.25, -0.2) is 14.2 Å². The minimum Gasteiger partial charge on any atom is -0.462 e. The predicted molar refractivity (Wildman–Crippen MR) is 155 cm³/mol. The number of hydrogen-bond donors (Lipinski definition) is 0. The van der Waals surface area contributed by atoms with E-state index in [0.717, 1.165) is 22.2 Å². The second-order valence-corrected chi connectivity index (χ2v) is 10.0. The third kappa shape index (κ3) is 5.25. The Balaban J connectivity index is 1.53. The van der Waals surface area contributed by atoms with Crippen LogP contribution < -0.4 is 0 Å². The lowest BCUT2D eigenvalue weighted by Gasteiger charge is -2.12. The smallest absolute Gasteiger partial charge is 0.338 e. The molecule has 4 aromatic rings. The fourth-order valence-electron chi connectivity index (χ4n) is 4.67. The van der Waals surface area contributed by atoms with Crippen molar-refractivity contribution in [2.24, 2.45) is 4.99 Å². The lowest BCUT2D eigenvalue weighted by atomic mass is 10.1. The van der Waals surface area contributed by atoms with Gasteiger partial charge in [0.05, 0.1) is 29.3 Å². The van der Waals surface area contributed by atoms with Crippen molar-refractivity contribution in [2.75, 3.05) is 13.2 Å². The summed E-state index contributed by atoms with van der Waals surface area (Å²) in [6.07, 6.45) is 1.91. The zero-order chi connectivity index (χ0) is 27.5. The molecule has 1 amide bonds. The van der Waals surface area contributed by atoms with E-state index < -0.39 is 5.97 Å². The number of nitrogens with zero attached hydrogens (tertiary/aromatic N) is 3. The van der Waals surface area contributed by atoms with E-state index in [1.54, 1.807) is 48.2 Å². The molecule has 39 heavy (non-hydrogen) atoms. The highest BCUT2D eigenvalue weighted by Crippen LogP contribution is 2.37. The number of hydrogen-bond acceptors (Lipinski definition) is 5. The number of thioether (sulfide) groups is 1. The Kier molecular flexibility index (Phi) is 7.65. The lowest BCUT2D eigenvalue weighted by molar-refractivity contribution is -0.122. The average Bonchev–Trinajstić information content (AvgIpc) is 3.38. The highest BCUT2D eigenvalue weighted by Gasteiger charge is 2.33. The van der Waals surface area contributed by atoms with Gasteiger partial charge in [-0.15, -0.1) is 0 Å². The van der Waals surface area contributed by atoms with E-state index in [1.165, 1.54) is 17.8 Å². The van der Waals surface area contributed by atoms with Crippen molar-refractivity contribution in [3.63, 3.8) is 0 Å². The number of amidine groups is 1. The second kappa shape index (κ2) is 11.3. The number of rotatable bonds is 7. The van der Waals surface area contributed by atoms with Crippen molar-refractivity contribution < 1.29 is 18.7 Å². The van der Waals surface area contributed by atoms with Crippen molar-refractivity contribution in [1.29, 1.82) is 0 Å². The normalized spacial score (nSPS) is 15.6. The van der Waals surface area contributed by atoms with E-state index >= 15 is 0 Å². The van der Waals surface area contributed by atoms with Crippen molar-refractivity contribution >= 4 is 51.5 Å². The minimum absolute atomic E-state index is 0.131. The number of aromatic nitrogens is 1. The Hall–Kier alpha value is -4.17. The van der Waals surface area contributed by atoms with Gasteiger partial charge in [-0.3, -0.25) is 9.69 Å². The van der Waals surface area contributed by atoms with Gasteiger partial charge in [0.25, 0.3) is 5.91 Å². The molecule has 1 aliphatic heterocycles. The highest BCUT2D eigenvalue weighted by atomic mass is 32.2. The molecule has 1 aromatic heterocycles. The zero-order valence-electron chi connectivity index (χ0n) is 22.0. The van der Waals surface area contributed by atoms with Gasteiger partial charge >= 0.3 is 5.97 Å². The molecule has 1 aliphatic rings. The van der Waals surface area contributed by atoms with Crippen LogP contribution in [0.3, 0.4) is 0 Å². The fraction of sp³-hybridized carbons (Fsp3) is 0.194. The molecule has 1 fully saturated rings. The fourth-order valence-corrected chi connectivity index (χ4v) is 5.71. The maximum absolute atomic E-state index is 14.5. The van der Waals surface area contributed by atoms with Gasteiger partial charge in [0.2, 0.25) is 0 Å². The Morgan fingerprint density at radius 3 is 2.59 bits per heavy atom. The molecule has 3 aromatic carbocycles. The zero-order valence-corrected chi connectivity index (χ0v) is 22.8. The molecular weight excluding hydrogens is 513 g/mol. The highest BCUT2D eigenvalue weighted by molar-refractivity contribution is 8.18. The number of fused-ring (bicyclic) bond motifs is 1. The largest absolute Gasteiger partial charge is 0.462 e. The predicted octanol–water partition coefficient (Wildman–Crippen LogP) is 6.94. The van der Waals surface area contributed by atoms with Crippen LogP contribution in [0.5, 0.6) is 0 Å². The molecule has 0 atom stereocenters. The lowest BCUT2D eigenvalue weighted by Crippen LogP contribution is -2.28. The second-order valence-electron chi connectivity index (χ2n) is 9.02. The first-order valence-electron chi connectivity index (χ1n) is 12.8. The van der Waals surface area contributed by atoms with Crippen LogP contribution in [0.4, 0.5) is 10.1 Å². The first kappa shape index (κ1) is 26.4. The summed E-state index contributed by atoms with van der Waals surface area (Å²) >= 11 is 1.30. The molecule has 8 heteroatoms. The molecule has 0 radical (unpaired) electrons. The number of carbonyl (C=O) groups is 2. The molecule has 198 valence electrons. The standard InChI is InChI=1S/C31H28FN3O3S/c1-4-34-29(36)28(39-31(34)33-23-13-10-12-21(17-23)30(37)38-5-2)18-25-20(3)35(27-16-9-7-14-24(25)27)19-22-11-6-8-15-26(22)32/h6-18H,4-5,19H2,1-3H3. The summed E-state index contributed by atoms with van der Waals surface area (Å²) in [5.41, 5.74) is 4.40. The SMILES string of the molecule is CCOC(=O)c1cccc(N=C2SC(=Cc3c(C)n(Cc4ccccc4F)c4ccccc34)C(=O)N2CC)c1. The summed E-state index contributed by atoms with van der Waals surface area (Å²) in [4.78, 5) is 32.5. The molecule has 5 rings (SSSR count). The van der Waals surface area contributed by atoms with Crippen molar-refractivity contribution in [2.45, 2.75) is 27.3 Å². The Morgan fingerprint density at radius 2 is 1.82 bits per heavy atom. The quantitative estimate of drug-likeness (QED) is 0.188. The molecule has 0 saturated carbocycles. The molecule has 0 aliphatic carbocycles. The van der Waals surface area contributed by atoms with E-state index in [9.17, 15) is 14.0 Å². The molecule has 0 unspecified atom stereocenters. The third-order valence-electron chi connectivity index (χ3n) is 6.63. The van der Waals surface area contributed by atoms with Crippen molar-refractivity contribution in [3.8, 4) is 0 Å². The van der Waals surface area contributed by atoms with Crippen LogP contribution in [0, 0.1) is 12.7 Å². The van der Waals surface area contributed by atoms with E-state index in [2.05, 4.69) is 4.57 Å². The summed E-state index contributed by atoms with van der Waals surface area (Å²) in [5.74, 6) is -0.791. The Bertz CT molecular complexity index is 1640. The number of benzene rings is 3. The summed E-state index contributed by atoms with van der Waals surface area (Å²) in [7, 11) is 0. The molecular formula is C31H28FN3O3S.